The summed E-state index contributed by atoms with van der Waals surface area (Å²) in [5, 5.41) is 4.86. The Morgan fingerprint density at radius 3 is 2.45 bits per heavy atom. The van der Waals surface area contributed by atoms with Gasteiger partial charge in [-0.25, -0.2) is 4.79 Å². The van der Waals surface area contributed by atoms with Gasteiger partial charge in [-0.15, -0.1) is 0 Å². The summed E-state index contributed by atoms with van der Waals surface area (Å²) in [6.45, 7) is 0. The summed E-state index contributed by atoms with van der Waals surface area (Å²) in [7, 11) is 1.45. The summed E-state index contributed by atoms with van der Waals surface area (Å²) >= 11 is 0. The predicted molar refractivity (Wildman–Crippen MR) is 77.1 cm³/mol. The molecule has 0 unspecified atom stereocenters. The van der Waals surface area contributed by atoms with Gasteiger partial charge in [0.1, 0.15) is 5.75 Å². The molecule has 116 valence electrons. The van der Waals surface area contributed by atoms with E-state index in [9.17, 15) is 18.0 Å². The largest absolute Gasteiger partial charge is 0.495 e. The number of para-hydroxylation sites is 2. The number of carbonyl (C=O) groups is 1. The monoisotopic (exact) mass is 310 g/mol. The molecule has 4 nitrogen and oxygen atoms in total. The van der Waals surface area contributed by atoms with Gasteiger partial charge in [-0.05, 0) is 30.3 Å². The summed E-state index contributed by atoms with van der Waals surface area (Å²) in [6, 6.07) is 10.4. The number of urea groups is 1. The van der Waals surface area contributed by atoms with Crippen molar-refractivity contribution in [2.24, 2.45) is 0 Å². The number of anilines is 2. The van der Waals surface area contributed by atoms with Crippen molar-refractivity contribution in [3.05, 3.63) is 54.1 Å². The predicted octanol–water partition coefficient (Wildman–Crippen LogP) is 4.36. The van der Waals surface area contributed by atoms with Crippen molar-refractivity contribution in [2.75, 3.05) is 17.7 Å². The van der Waals surface area contributed by atoms with Gasteiger partial charge in [0.15, 0.2) is 0 Å². The zero-order chi connectivity index (χ0) is 16.2. The van der Waals surface area contributed by atoms with E-state index in [0.29, 0.717) is 11.4 Å². The van der Waals surface area contributed by atoms with Gasteiger partial charge < -0.3 is 15.4 Å². The molecule has 0 aromatic heterocycles. The van der Waals surface area contributed by atoms with E-state index in [0.717, 1.165) is 12.1 Å². The molecule has 0 saturated heterocycles. The first-order chi connectivity index (χ1) is 10.4. The SMILES string of the molecule is COc1ccccc1NC(=O)Nc1cccc(C(F)(F)F)c1. The van der Waals surface area contributed by atoms with Crippen molar-refractivity contribution in [3.63, 3.8) is 0 Å². The van der Waals surface area contributed by atoms with Crippen molar-refractivity contribution in [2.45, 2.75) is 6.18 Å². The lowest BCUT2D eigenvalue weighted by Crippen LogP contribution is -2.20. The average Bonchev–Trinajstić information content (AvgIpc) is 2.47. The van der Waals surface area contributed by atoms with E-state index in [-0.39, 0.29) is 5.69 Å². The molecule has 2 N–H and O–H groups in total. The summed E-state index contributed by atoms with van der Waals surface area (Å²) in [5.41, 5.74) is -0.376. The van der Waals surface area contributed by atoms with Gasteiger partial charge in [-0.3, -0.25) is 0 Å². The third-order valence-corrected chi connectivity index (χ3v) is 2.80. The van der Waals surface area contributed by atoms with E-state index in [2.05, 4.69) is 10.6 Å². The number of hydrogen-bond donors (Lipinski definition) is 2. The molecule has 22 heavy (non-hydrogen) atoms. The zero-order valence-corrected chi connectivity index (χ0v) is 11.6. The maximum Gasteiger partial charge on any atom is 0.416 e. The van der Waals surface area contributed by atoms with Crippen LogP contribution in [0.25, 0.3) is 0 Å². The Morgan fingerprint density at radius 2 is 1.77 bits per heavy atom. The second-order valence-corrected chi connectivity index (χ2v) is 4.36. The van der Waals surface area contributed by atoms with Crippen molar-refractivity contribution < 1.29 is 22.7 Å². The molecule has 2 amide bonds. The Hall–Kier alpha value is -2.70. The molecule has 0 saturated carbocycles. The summed E-state index contributed by atoms with van der Waals surface area (Å²) < 4.78 is 42.9. The molecule has 0 heterocycles. The molecule has 0 fully saturated rings. The highest BCUT2D eigenvalue weighted by atomic mass is 19.4. The highest BCUT2D eigenvalue weighted by Gasteiger charge is 2.30. The average molecular weight is 310 g/mol. The number of rotatable bonds is 3. The van der Waals surface area contributed by atoms with Crippen LogP contribution in [0.3, 0.4) is 0 Å². The van der Waals surface area contributed by atoms with E-state index in [1.807, 2.05) is 0 Å². The standard InChI is InChI=1S/C15H13F3N2O2/c1-22-13-8-3-2-7-12(13)20-14(21)19-11-6-4-5-10(9-11)15(16,17)18/h2-9H,1H3,(H2,19,20,21). The maximum atomic E-state index is 12.6. The first kappa shape index (κ1) is 15.7. The first-order valence-electron chi connectivity index (χ1n) is 6.28. The summed E-state index contributed by atoms with van der Waals surface area (Å²) in [6.07, 6.45) is -4.46. The third kappa shape index (κ3) is 3.91. The normalized spacial score (nSPS) is 10.9. The molecule has 0 spiro atoms. The van der Waals surface area contributed by atoms with Gasteiger partial charge >= 0.3 is 12.2 Å². The first-order valence-corrected chi connectivity index (χ1v) is 6.28. The molecule has 0 aliphatic rings. The maximum absolute atomic E-state index is 12.6. The molecular weight excluding hydrogens is 297 g/mol. The van der Waals surface area contributed by atoms with Gasteiger partial charge in [0.2, 0.25) is 0 Å². The minimum absolute atomic E-state index is 0.0437. The molecular formula is C15H13F3N2O2. The Labute approximate surface area is 124 Å². The van der Waals surface area contributed by atoms with E-state index in [4.69, 9.17) is 4.74 Å². The molecule has 0 aliphatic carbocycles. The molecule has 0 aliphatic heterocycles. The van der Waals surface area contributed by atoms with E-state index in [1.165, 1.54) is 19.2 Å². The highest BCUT2D eigenvalue weighted by Crippen LogP contribution is 2.30. The lowest BCUT2D eigenvalue weighted by atomic mass is 10.2. The van der Waals surface area contributed by atoms with Gasteiger partial charge in [0.05, 0.1) is 18.4 Å². The lowest BCUT2D eigenvalue weighted by Gasteiger charge is -2.12. The number of ether oxygens (including phenoxy) is 1. The van der Waals surface area contributed by atoms with Gasteiger partial charge in [-0.1, -0.05) is 18.2 Å². The number of methoxy groups -OCH3 is 1. The molecule has 7 heteroatoms. The molecule has 2 aromatic rings. The fourth-order valence-corrected chi connectivity index (χ4v) is 1.81. The van der Waals surface area contributed by atoms with Crippen molar-refractivity contribution in [1.82, 2.24) is 0 Å². The van der Waals surface area contributed by atoms with Crippen molar-refractivity contribution >= 4 is 17.4 Å². The lowest BCUT2D eigenvalue weighted by molar-refractivity contribution is -0.137. The minimum Gasteiger partial charge on any atom is -0.495 e. The number of amides is 2. The number of carbonyl (C=O) groups excluding carboxylic acids is 1. The Bertz CT molecular complexity index is 672. The quantitative estimate of drug-likeness (QED) is 0.885. The fraction of sp³-hybridized carbons (Fsp3) is 0.133. The van der Waals surface area contributed by atoms with Crippen LogP contribution in [0.2, 0.25) is 0 Å². The molecule has 0 radical (unpaired) electrons. The molecule has 0 atom stereocenters. The number of halogens is 3. The topological polar surface area (TPSA) is 50.4 Å². The van der Waals surface area contributed by atoms with Crippen LogP contribution in [0.1, 0.15) is 5.56 Å². The van der Waals surface area contributed by atoms with Crippen LogP contribution in [-0.4, -0.2) is 13.1 Å². The summed E-state index contributed by atoms with van der Waals surface area (Å²) in [5.74, 6) is 0.446. The second-order valence-electron chi connectivity index (χ2n) is 4.36. The molecule has 2 aromatic carbocycles. The molecule has 0 bridgehead atoms. The van der Waals surface area contributed by atoms with Crippen molar-refractivity contribution in [3.8, 4) is 5.75 Å². The fourth-order valence-electron chi connectivity index (χ4n) is 1.81. The number of hydrogen-bond acceptors (Lipinski definition) is 2. The van der Waals surface area contributed by atoms with Crippen LogP contribution < -0.4 is 15.4 Å². The van der Waals surface area contributed by atoms with Gasteiger partial charge in [0.25, 0.3) is 0 Å². The summed E-state index contributed by atoms with van der Waals surface area (Å²) in [4.78, 5) is 11.9. The second kappa shape index (κ2) is 6.38. The number of nitrogens with one attached hydrogen (secondary N) is 2. The van der Waals surface area contributed by atoms with Crippen LogP contribution in [0, 0.1) is 0 Å². The van der Waals surface area contributed by atoms with Crippen LogP contribution in [0.5, 0.6) is 5.75 Å². The Kier molecular flexibility index (Phi) is 4.55. The van der Waals surface area contributed by atoms with E-state index >= 15 is 0 Å². The Balaban J connectivity index is 2.09. The van der Waals surface area contributed by atoms with Crippen LogP contribution in [-0.2, 0) is 6.18 Å². The number of alkyl halides is 3. The van der Waals surface area contributed by atoms with Crippen LogP contribution in [0.15, 0.2) is 48.5 Å². The van der Waals surface area contributed by atoms with Crippen LogP contribution >= 0.6 is 0 Å². The van der Waals surface area contributed by atoms with Gasteiger partial charge in [0, 0.05) is 5.69 Å². The van der Waals surface area contributed by atoms with E-state index < -0.39 is 17.8 Å². The highest BCUT2D eigenvalue weighted by molar-refractivity contribution is 6.00. The third-order valence-electron chi connectivity index (χ3n) is 2.80. The molecule has 2 rings (SSSR count). The number of benzene rings is 2. The Morgan fingerprint density at radius 1 is 1.05 bits per heavy atom. The zero-order valence-electron chi connectivity index (χ0n) is 11.6. The van der Waals surface area contributed by atoms with Gasteiger partial charge in [-0.2, -0.15) is 13.2 Å². The van der Waals surface area contributed by atoms with Crippen molar-refractivity contribution in [1.29, 1.82) is 0 Å². The van der Waals surface area contributed by atoms with E-state index in [1.54, 1.807) is 24.3 Å². The minimum atomic E-state index is -4.46. The smallest absolute Gasteiger partial charge is 0.416 e. The van der Waals surface area contributed by atoms with Crippen LogP contribution in [0.4, 0.5) is 29.3 Å².